The molecule has 2 saturated carbocycles. The molecule has 4 heterocycles. The molecule has 2 aliphatic carbocycles. The van der Waals surface area contributed by atoms with Crippen molar-refractivity contribution in [1.29, 1.82) is 0 Å². The van der Waals surface area contributed by atoms with Gasteiger partial charge in [0.2, 0.25) is 11.7 Å². The zero-order chi connectivity index (χ0) is 24.1. The maximum Gasteiger partial charge on any atom is 0.233 e. The molecule has 10 heteroatoms. The lowest BCUT2D eigenvalue weighted by atomic mass is 10.2. The third-order valence-corrected chi connectivity index (χ3v) is 6.57. The van der Waals surface area contributed by atoms with Crippen LogP contribution in [0, 0.1) is 19.8 Å². The van der Waals surface area contributed by atoms with Gasteiger partial charge in [0.15, 0.2) is 0 Å². The second kappa shape index (κ2) is 8.37. The molecule has 1 amide bonds. The Kier molecular flexibility index (Phi) is 5.16. The monoisotopic (exact) mass is 469 g/mol. The molecule has 10 nitrogen and oxygen atoms in total. The van der Waals surface area contributed by atoms with Gasteiger partial charge in [-0.25, -0.2) is 29.9 Å². The molecule has 0 bridgehead atoms. The van der Waals surface area contributed by atoms with Gasteiger partial charge in [-0.1, -0.05) is 0 Å². The molecular formula is C25H27N9O. The Labute approximate surface area is 202 Å². The van der Waals surface area contributed by atoms with Gasteiger partial charge in [0, 0.05) is 55.4 Å². The lowest BCUT2D eigenvalue weighted by molar-refractivity contribution is -0.117. The molecular weight excluding hydrogens is 442 g/mol. The maximum atomic E-state index is 12.8. The number of aryl methyl sites for hydroxylation is 2. The minimum absolute atomic E-state index is 0.0593. The summed E-state index contributed by atoms with van der Waals surface area (Å²) in [6, 6.07) is 3.65. The molecule has 0 saturated heterocycles. The first-order valence-electron chi connectivity index (χ1n) is 11.9. The third kappa shape index (κ3) is 4.55. The Morgan fingerprint density at radius 3 is 2.80 bits per heavy atom. The Morgan fingerprint density at radius 2 is 2.00 bits per heavy atom. The van der Waals surface area contributed by atoms with E-state index in [0.717, 1.165) is 23.6 Å². The third-order valence-electron chi connectivity index (χ3n) is 6.57. The molecule has 0 radical (unpaired) electrons. The molecule has 2 fully saturated rings. The summed E-state index contributed by atoms with van der Waals surface area (Å²) in [6.45, 7) is 4.31. The largest absolute Gasteiger partial charge is 0.354 e. The van der Waals surface area contributed by atoms with Crippen LogP contribution in [0.2, 0.25) is 0 Å². The predicted molar refractivity (Wildman–Crippen MR) is 130 cm³/mol. The molecule has 0 spiro atoms. The van der Waals surface area contributed by atoms with Crippen LogP contribution in [0.25, 0.3) is 5.78 Å². The number of imidazole rings is 1. The predicted octanol–water partition coefficient (Wildman–Crippen LogP) is 3.18. The average Bonchev–Trinajstić information content (AvgIpc) is 3.74. The summed E-state index contributed by atoms with van der Waals surface area (Å²) in [6.07, 6.45) is 11.1. The number of carbonyl (C=O) groups excluding carboxylic acids is 1. The van der Waals surface area contributed by atoms with Gasteiger partial charge in [0.25, 0.3) is 0 Å². The quantitative estimate of drug-likeness (QED) is 0.439. The highest BCUT2D eigenvalue weighted by atomic mass is 16.2. The first-order chi connectivity index (χ1) is 16.9. The zero-order valence-corrected chi connectivity index (χ0v) is 20.0. The summed E-state index contributed by atoms with van der Waals surface area (Å²) in [7, 11) is 1.95. The summed E-state index contributed by atoms with van der Waals surface area (Å²) in [5, 5.41) is 2.96. The number of hydrogen-bond donors (Lipinski definition) is 1. The minimum atomic E-state index is -0.140. The van der Waals surface area contributed by atoms with Gasteiger partial charge in [0.05, 0.1) is 12.2 Å². The lowest BCUT2D eigenvalue weighted by Gasteiger charge is -2.18. The van der Waals surface area contributed by atoms with Gasteiger partial charge in [-0.2, -0.15) is 0 Å². The smallest absolute Gasteiger partial charge is 0.233 e. The number of amides is 1. The number of fused-ring (bicyclic) bond motifs is 1. The van der Waals surface area contributed by atoms with E-state index in [4.69, 9.17) is 0 Å². The SMILES string of the molecule is Cc1ccnc([C@H]2C[C@@H]2C(=O)Nc2cc(N(C)Cc3cn4cc(C5CC5)cnc4n3)nc(C)n2)n1. The van der Waals surface area contributed by atoms with Gasteiger partial charge in [-0.05, 0) is 50.7 Å². The summed E-state index contributed by atoms with van der Waals surface area (Å²) in [4.78, 5) is 41.8. The number of carbonyl (C=O) groups is 1. The van der Waals surface area contributed by atoms with E-state index in [9.17, 15) is 4.79 Å². The van der Waals surface area contributed by atoms with Crippen LogP contribution in [0.15, 0.2) is 36.9 Å². The van der Waals surface area contributed by atoms with E-state index >= 15 is 0 Å². The Bertz CT molecular complexity index is 1430. The topological polar surface area (TPSA) is 114 Å². The van der Waals surface area contributed by atoms with Crippen molar-refractivity contribution in [3.8, 4) is 0 Å². The fourth-order valence-corrected chi connectivity index (χ4v) is 4.43. The summed E-state index contributed by atoms with van der Waals surface area (Å²) < 4.78 is 2.00. The van der Waals surface area contributed by atoms with E-state index in [-0.39, 0.29) is 17.7 Å². The highest BCUT2D eigenvalue weighted by Gasteiger charge is 2.46. The van der Waals surface area contributed by atoms with Crippen molar-refractivity contribution in [3.05, 3.63) is 65.5 Å². The van der Waals surface area contributed by atoms with Gasteiger partial charge in [0.1, 0.15) is 23.3 Å². The summed E-state index contributed by atoms with van der Waals surface area (Å²) in [5.74, 6) is 3.72. The van der Waals surface area contributed by atoms with Crippen molar-refractivity contribution >= 4 is 23.3 Å². The molecule has 1 N–H and O–H groups in total. The van der Waals surface area contributed by atoms with Crippen molar-refractivity contribution in [2.75, 3.05) is 17.3 Å². The summed E-state index contributed by atoms with van der Waals surface area (Å²) in [5.41, 5.74) is 3.08. The van der Waals surface area contributed by atoms with Gasteiger partial charge in [-0.3, -0.25) is 9.20 Å². The average molecular weight is 470 g/mol. The van der Waals surface area contributed by atoms with Gasteiger partial charge >= 0.3 is 0 Å². The Balaban J connectivity index is 1.14. The van der Waals surface area contributed by atoms with E-state index in [1.54, 1.807) is 12.3 Å². The van der Waals surface area contributed by atoms with Crippen molar-refractivity contribution in [2.24, 2.45) is 5.92 Å². The Morgan fingerprint density at radius 1 is 1.14 bits per heavy atom. The standard InChI is InChI=1S/C25H27N9O/c1-14-6-7-26-23(28-14)19-8-20(19)24(35)32-21-9-22(30-15(2)29-21)33(3)12-18-13-34-11-17(16-4-5-16)10-27-25(34)31-18/h6-7,9-11,13,16,19-20H,4-5,8,12H2,1-3H3,(H,29,30,32,35)/t19-,20-/m0/s1. The van der Waals surface area contributed by atoms with Crippen LogP contribution in [0.4, 0.5) is 11.6 Å². The van der Waals surface area contributed by atoms with Crippen LogP contribution in [0.1, 0.15) is 59.7 Å². The normalized spacial score (nSPS) is 19.1. The van der Waals surface area contributed by atoms with Crippen LogP contribution >= 0.6 is 0 Å². The van der Waals surface area contributed by atoms with E-state index in [2.05, 4.69) is 41.4 Å². The fourth-order valence-electron chi connectivity index (χ4n) is 4.43. The van der Waals surface area contributed by atoms with Crippen LogP contribution in [-0.4, -0.2) is 47.3 Å². The van der Waals surface area contributed by atoms with E-state index in [1.165, 1.54) is 18.4 Å². The van der Waals surface area contributed by atoms with E-state index in [1.807, 2.05) is 48.7 Å². The summed E-state index contributed by atoms with van der Waals surface area (Å²) >= 11 is 0. The number of hydrogen-bond acceptors (Lipinski definition) is 8. The number of nitrogens with one attached hydrogen (secondary N) is 1. The first kappa shape index (κ1) is 21.6. The number of anilines is 2. The molecule has 2 atom stereocenters. The second-order valence-corrected chi connectivity index (χ2v) is 9.61. The minimum Gasteiger partial charge on any atom is -0.354 e. The number of rotatable bonds is 7. The van der Waals surface area contributed by atoms with Gasteiger partial charge < -0.3 is 10.2 Å². The Hall–Kier alpha value is -3.95. The highest BCUT2D eigenvalue weighted by Crippen LogP contribution is 2.46. The molecule has 2 aliphatic rings. The molecule has 6 rings (SSSR count). The highest BCUT2D eigenvalue weighted by molar-refractivity contribution is 5.94. The number of nitrogens with zero attached hydrogens (tertiary/aromatic N) is 8. The van der Waals surface area contributed by atoms with Crippen LogP contribution in [0.3, 0.4) is 0 Å². The molecule has 0 unspecified atom stereocenters. The zero-order valence-electron chi connectivity index (χ0n) is 20.0. The van der Waals surface area contributed by atoms with Crippen LogP contribution in [-0.2, 0) is 11.3 Å². The van der Waals surface area contributed by atoms with E-state index < -0.39 is 0 Å². The molecule has 35 heavy (non-hydrogen) atoms. The van der Waals surface area contributed by atoms with Crippen molar-refractivity contribution < 1.29 is 4.79 Å². The second-order valence-electron chi connectivity index (χ2n) is 9.61. The van der Waals surface area contributed by atoms with Crippen molar-refractivity contribution in [3.63, 3.8) is 0 Å². The van der Waals surface area contributed by atoms with Crippen LogP contribution < -0.4 is 10.2 Å². The van der Waals surface area contributed by atoms with Gasteiger partial charge in [-0.15, -0.1) is 0 Å². The number of aromatic nitrogens is 7. The first-order valence-corrected chi connectivity index (χ1v) is 11.9. The molecule has 0 aliphatic heterocycles. The molecule has 4 aromatic heterocycles. The maximum absolute atomic E-state index is 12.8. The van der Waals surface area contributed by atoms with Crippen molar-refractivity contribution in [2.45, 2.75) is 51.5 Å². The van der Waals surface area contributed by atoms with E-state index in [0.29, 0.717) is 35.7 Å². The van der Waals surface area contributed by atoms with Crippen molar-refractivity contribution in [1.82, 2.24) is 34.3 Å². The fraction of sp³-hybridized carbons (Fsp3) is 0.400. The lowest BCUT2D eigenvalue weighted by Crippen LogP contribution is -2.21. The molecule has 0 aromatic carbocycles. The molecule has 4 aromatic rings. The molecule has 178 valence electrons. The van der Waals surface area contributed by atoms with Crippen LogP contribution in [0.5, 0.6) is 0 Å².